The summed E-state index contributed by atoms with van der Waals surface area (Å²) in [6.07, 6.45) is 0. The highest BCUT2D eigenvalue weighted by Gasteiger charge is 2.54. The van der Waals surface area contributed by atoms with Crippen molar-refractivity contribution >= 4 is 36.8 Å². The van der Waals surface area contributed by atoms with Crippen LogP contribution >= 0.6 is 30.8 Å². The number of carbonyl (C=O) groups is 1. The summed E-state index contributed by atoms with van der Waals surface area (Å²) in [6, 6.07) is 8.82. The third kappa shape index (κ3) is 6.11. The lowest BCUT2D eigenvalue weighted by Gasteiger charge is -2.34. The van der Waals surface area contributed by atoms with E-state index in [1.807, 2.05) is 0 Å². The lowest BCUT2D eigenvalue weighted by molar-refractivity contribution is -0.146. The van der Waals surface area contributed by atoms with Crippen LogP contribution in [-0.2, 0) is 14.1 Å². The Morgan fingerprint density at radius 1 is 1.03 bits per heavy atom. The van der Waals surface area contributed by atoms with E-state index in [0.717, 1.165) is 0 Å². The highest BCUT2D eigenvalue weighted by atomic mass is 35.5. The number of benzene rings is 2. The van der Waals surface area contributed by atoms with Gasteiger partial charge in [-0.05, 0) is 68.3 Å². The average Bonchev–Trinajstić information content (AvgIpc) is 2.65. The topological polar surface area (TPSA) is 114 Å². The van der Waals surface area contributed by atoms with Crippen LogP contribution in [0.15, 0.2) is 36.4 Å². The monoisotopic (exact) mass is 477 g/mol. The third-order valence-electron chi connectivity index (χ3n) is 3.92. The molecule has 30 heavy (non-hydrogen) atoms. The predicted octanol–water partition coefficient (Wildman–Crippen LogP) is 4.01. The van der Waals surface area contributed by atoms with E-state index in [1.54, 1.807) is 20.8 Å². The lowest BCUT2D eigenvalue weighted by Crippen LogP contribution is -2.56. The molecule has 11 heteroatoms. The van der Waals surface area contributed by atoms with Crippen molar-refractivity contribution in [1.29, 1.82) is 0 Å². The minimum absolute atomic E-state index is 0.0577. The molecule has 0 aliphatic rings. The molecule has 0 amide bonds. The molecule has 0 unspecified atom stereocenters. The van der Waals surface area contributed by atoms with E-state index in [2.05, 4.69) is 5.32 Å². The molecule has 0 bridgehead atoms. The van der Waals surface area contributed by atoms with Gasteiger partial charge in [0.15, 0.2) is 0 Å². The van der Waals surface area contributed by atoms with Crippen molar-refractivity contribution in [3.63, 3.8) is 0 Å². The highest BCUT2D eigenvalue weighted by molar-refractivity contribution is 7.53. The number of esters is 1. The van der Waals surface area contributed by atoms with E-state index in [1.165, 1.54) is 36.4 Å². The first kappa shape index (κ1) is 24.5. The van der Waals surface area contributed by atoms with Gasteiger partial charge in [0.05, 0.1) is 6.61 Å². The molecule has 0 saturated heterocycles. The molecule has 3 N–H and O–H groups in total. The van der Waals surface area contributed by atoms with Crippen LogP contribution in [-0.4, -0.2) is 34.6 Å². The van der Waals surface area contributed by atoms with Crippen LogP contribution in [0.3, 0.4) is 0 Å². The first-order chi connectivity index (χ1) is 14.0. The molecule has 0 fully saturated rings. The fourth-order valence-electron chi connectivity index (χ4n) is 2.39. The summed E-state index contributed by atoms with van der Waals surface area (Å²) in [7, 11) is -5.20. The van der Waals surface area contributed by atoms with E-state index in [-0.39, 0.29) is 18.1 Å². The molecule has 0 aliphatic heterocycles. The summed E-state index contributed by atoms with van der Waals surface area (Å²) in [5.41, 5.74) is -1.50. The average molecular weight is 478 g/mol. The fourth-order valence-corrected chi connectivity index (χ4v) is 3.36. The maximum Gasteiger partial charge on any atom is 0.428 e. The number of halogens is 2. The van der Waals surface area contributed by atoms with Gasteiger partial charge in [-0.25, -0.2) is 9.88 Å². The summed E-state index contributed by atoms with van der Waals surface area (Å²) in [4.78, 5) is 32.1. The first-order valence-electron chi connectivity index (χ1n) is 8.84. The number of hydrogen-bond acceptors (Lipinski definition) is 6. The summed E-state index contributed by atoms with van der Waals surface area (Å²) in [6.45, 7) is 4.51. The molecule has 2 aromatic rings. The molecule has 2 rings (SSSR count). The maximum atomic E-state index is 12.5. The Hall–Kier alpha value is -1.80. The van der Waals surface area contributed by atoms with E-state index in [0.29, 0.717) is 21.2 Å². The Morgan fingerprint density at radius 2 is 1.50 bits per heavy atom. The zero-order valence-electron chi connectivity index (χ0n) is 16.5. The van der Waals surface area contributed by atoms with Crippen LogP contribution in [0.25, 0.3) is 0 Å². The third-order valence-corrected chi connectivity index (χ3v) is 5.87. The van der Waals surface area contributed by atoms with E-state index in [4.69, 9.17) is 37.4 Å². The second-order valence-electron chi connectivity index (χ2n) is 6.31. The molecule has 0 aromatic heterocycles. The SMILES string of the molecule is CCOC(=O)CNC(Oc1ccc(Cl)c(C)c1)(Oc1ccc(Cl)c(C)c1)P(=O)(O)O. The molecule has 0 radical (unpaired) electrons. The van der Waals surface area contributed by atoms with Gasteiger partial charge >= 0.3 is 19.2 Å². The first-order valence-corrected chi connectivity index (χ1v) is 11.2. The molecule has 0 atom stereocenters. The normalized spacial score (nSPS) is 11.8. The summed E-state index contributed by atoms with van der Waals surface area (Å²) >= 11 is 12.0. The van der Waals surface area contributed by atoms with Gasteiger partial charge in [0.2, 0.25) is 0 Å². The zero-order valence-corrected chi connectivity index (χ0v) is 18.9. The van der Waals surface area contributed by atoms with Crippen LogP contribution < -0.4 is 14.8 Å². The van der Waals surface area contributed by atoms with Crippen molar-refractivity contribution in [1.82, 2.24) is 5.32 Å². The highest BCUT2D eigenvalue weighted by Crippen LogP contribution is 2.50. The van der Waals surface area contributed by atoms with Gasteiger partial charge in [0.25, 0.3) is 0 Å². The maximum absolute atomic E-state index is 12.5. The molecule has 0 heterocycles. The minimum atomic E-state index is -5.20. The van der Waals surface area contributed by atoms with Crippen molar-refractivity contribution in [3.05, 3.63) is 57.6 Å². The van der Waals surface area contributed by atoms with Crippen LogP contribution in [0.2, 0.25) is 10.0 Å². The molecular weight excluding hydrogens is 456 g/mol. The zero-order chi connectivity index (χ0) is 22.5. The summed E-state index contributed by atoms with van der Waals surface area (Å²) < 4.78 is 28.6. The molecule has 164 valence electrons. The Bertz CT molecular complexity index is 910. The van der Waals surface area contributed by atoms with Crippen molar-refractivity contribution in [2.45, 2.75) is 26.4 Å². The molecular formula is C19H22Cl2NO7P. The number of nitrogens with one attached hydrogen (secondary N) is 1. The molecule has 0 saturated carbocycles. The standard InChI is InChI=1S/C19H22Cl2NO7P/c1-4-27-18(23)11-22-19(30(24,25)26,28-14-5-7-16(20)12(2)9-14)29-15-6-8-17(21)13(3)10-15/h5-10,22H,4,11H2,1-3H3,(H2,24,25,26). The van der Waals surface area contributed by atoms with Gasteiger partial charge in [-0.1, -0.05) is 23.2 Å². The van der Waals surface area contributed by atoms with Gasteiger partial charge in [-0.2, -0.15) is 0 Å². The van der Waals surface area contributed by atoms with Crippen molar-refractivity contribution in [2.24, 2.45) is 0 Å². The van der Waals surface area contributed by atoms with Gasteiger partial charge in [0, 0.05) is 10.0 Å². The second-order valence-corrected chi connectivity index (χ2v) is 8.80. The van der Waals surface area contributed by atoms with Gasteiger partial charge in [-0.3, -0.25) is 4.79 Å². The van der Waals surface area contributed by atoms with E-state index >= 15 is 0 Å². The number of hydrogen-bond donors (Lipinski definition) is 3. The Kier molecular flexibility index (Phi) is 8.16. The van der Waals surface area contributed by atoms with Crippen LogP contribution in [0.4, 0.5) is 0 Å². The Labute approximate surface area is 184 Å². The van der Waals surface area contributed by atoms with E-state index < -0.39 is 25.8 Å². The fraction of sp³-hybridized carbons (Fsp3) is 0.316. The predicted molar refractivity (Wildman–Crippen MR) is 113 cm³/mol. The van der Waals surface area contributed by atoms with Crippen molar-refractivity contribution in [3.8, 4) is 11.5 Å². The van der Waals surface area contributed by atoms with Gasteiger partial charge in [0.1, 0.15) is 18.0 Å². The smallest absolute Gasteiger partial charge is 0.428 e. The van der Waals surface area contributed by atoms with Crippen LogP contribution in [0.5, 0.6) is 11.5 Å². The summed E-state index contributed by atoms with van der Waals surface area (Å²) in [5.74, 6) is -0.633. The largest absolute Gasteiger partial charge is 0.465 e. The minimum Gasteiger partial charge on any atom is -0.465 e. The second kappa shape index (κ2) is 10.0. The summed E-state index contributed by atoms with van der Waals surface area (Å²) in [5, 5.41) is 3.26. The molecule has 0 aliphatic carbocycles. The lowest BCUT2D eigenvalue weighted by atomic mass is 10.2. The molecule has 2 aromatic carbocycles. The van der Waals surface area contributed by atoms with Crippen molar-refractivity contribution in [2.75, 3.05) is 13.2 Å². The number of rotatable bonds is 9. The van der Waals surface area contributed by atoms with Crippen LogP contribution in [0, 0.1) is 13.8 Å². The molecule has 8 nitrogen and oxygen atoms in total. The Balaban J connectivity index is 2.49. The van der Waals surface area contributed by atoms with E-state index in [9.17, 15) is 19.1 Å². The number of carbonyl (C=O) groups excluding carboxylic acids is 1. The van der Waals surface area contributed by atoms with Crippen molar-refractivity contribution < 1.29 is 33.4 Å². The number of aryl methyl sites for hydroxylation is 2. The quantitative estimate of drug-likeness (QED) is 0.282. The molecule has 0 spiro atoms. The van der Waals surface area contributed by atoms with Crippen LogP contribution in [0.1, 0.15) is 18.1 Å². The Morgan fingerprint density at radius 3 is 1.87 bits per heavy atom. The number of ether oxygens (including phenoxy) is 3. The van der Waals surface area contributed by atoms with Gasteiger partial charge in [-0.15, -0.1) is 0 Å². The van der Waals surface area contributed by atoms with Gasteiger partial charge < -0.3 is 24.0 Å².